The minimum atomic E-state index is 0.0618. The topological polar surface area (TPSA) is 60.9 Å². The first-order valence-electron chi connectivity index (χ1n) is 10.7. The van der Waals surface area contributed by atoms with E-state index in [0.29, 0.717) is 13.1 Å². The Bertz CT molecular complexity index is 1440. The fraction of sp³-hybridized carbons (Fsp3) is 0.160. The third kappa shape index (κ3) is 3.01. The van der Waals surface area contributed by atoms with Crippen molar-refractivity contribution >= 4 is 16.9 Å². The van der Waals surface area contributed by atoms with Crippen LogP contribution in [0.1, 0.15) is 16.8 Å². The Morgan fingerprint density at radius 1 is 1.00 bits per heavy atom. The SMILES string of the molecule is Cc1cccc(-n2nc3c(c2-n2cccc2)CN(C(=O)Cn2cnc4ccccc42)C3)c1. The van der Waals surface area contributed by atoms with Gasteiger partial charge in [0.2, 0.25) is 5.91 Å². The van der Waals surface area contributed by atoms with Gasteiger partial charge in [0.1, 0.15) is 12.4 Å². The van der Waals surface area contributed by atoms with Gasteiger partial charge in [0.25, 0.3) is 0 Å². The van der Waals surface area contributed by atoms with Crippen LogP contribution in [0.4, 0.5) is 0 Å². The highest BCUT2D eigenvalue weighted by atomic mass is 16.2. The van der Waals surface area contributed by atoms with Crippen LogP contribution in [0, 0.1) is 6.92 Å². The molecule has 6 rings (SSSR count). The van der Waals surface area contributed by atoms with Crippen molar-refractivity contribution in [3.8, 4) is 11.5 Å². The molecule has 1 aliphatic rings. The van der Waals surface area contributed by atoms with Crippen molar-refractivity contribution in [2.75, 3.05) is 0 Å². The highest BCUT2D eigenvalue weighted by molar-refractivity contribution is 5.81. The standard InChI is InChI=1S/C25H22N6O/c1-18-7-6-8-19(13-18)31-25(28-11-4-5-12-28)20-14-29(15-22(20)27-31)24(32)16-30-17-26-21-9-2-3-10-23(21)30/h2-13,17H,14-16H2,1H3. The third-order valence-corrected chi connectivity index (χ3v) is 6.01. The van der Waals surface area contributed by atoms with Crippen molar-refractivity contribution in [1.82, 2.24) is 28.8 Å². The lowest BCUT2D eigenvalue weighted by molar-refractivity contribution is -0.132. The number of nitrogens with zero attached hydrogens (tertiary/aromatic N) is 6. The van der Waals surface area contributed by atoms with Gasteiger partial charge in [-0.1, -0.05) is 24.3 Å². The van der Waals surface area contributed by atoms with Gasteiger partial charge in [0, 0.05) is 18.0 Å². The zero-order valence-corrected chi connectivity index (χ0v) is 17.7. The lowest BCUT2D eigenvalue weighted by Gasteiger charge is -2.18. The molecule has 2 aromatic carbocycles. The molecule has 7 heteroatoms. The molecule has 5 aromatic rings. The fourth-order valence-corrected chi connectivity index (χ4v) is 4.44. The van der Waals surface area contributed by atoms with Crippen molar-refractivity contribution in [2.24, 2.45) is 0 Å². The van der Waals surface area contributed by atoms with E-state index in [1.165, 1.54) is 5.56 Å². The molecule has 0 bridgehead atoms. The minimum Gasteiger partial charge on any atom is -0.331 e. The summed E-state index contributed by atoms with van der Waals surface area (Å²) in [5, 5.41) is 4.92. The van der Waals surface area contributed by atoms with Crippen LogP contribution < -0.4 is 0 Å². The molecule has 158 valence electrons. The van der Waals surface area contributed by atoms with Gasteiger partial charge in [-0.25, -0.2) is 9.67 Å². The predicted octanol–water partition coefficient (Wildman–Crippen LogP) is 3.86. The molecule has 4 heterocycles. The summed E-state index contributed by atoms with van der Waals surface area (Å²) < 4.78 is 5.97. The average Bonchev–Trinajstić information content (AvgIpc) is 3.57. The number of carbonyl (C=O) groups is 1. The molecular weight excluding hydrogens is 400 g/mol. The highest BCUT2D eigenvalue weighted by Crippen LogP contribution is 2.31. The molecule has 0 atom stereocenters. The molecule has 0 saturated heterocycles. The summed E-state index contributed by atoms with van der Waals surface area (Å²) in [6.45, 7) is 3.39. The second-order valence-electron chi connectivity index (χ2n) is 8.20. The molecule has 7 nitrogen and oxygen atoms in total. The average molecular weight is 422 g/mol. The van der Waals surface area contributed by atoms with E-state index >= 15 is 0 Å². The number of hydrogen-bond acceptors (Lipinski definition) is 3. The predicted molar refractivity (Wildman–Crippen MR) is 122 cm³/mol. The number of para-hydroxylation sites is 2. The summed E-state index contributed by atoms with van der Waals surface area (Å²) in [6.07, 6.45) is 5.78. The van der Waals surface area contributed by atoms with Gasteiger partial charge >= 0.3 is 0 Å². The normalized spacial score (nSPS) is 13.1. The zero-order chi connectivity index (χ0) is 21.7. The Morgan fingerprint density at radius 3 is 2.69 bits per heavy atom. The minimum absolute atomic E-state index is 0.0618. The summed E-state index contributed by atoms with van der Waals surface area (Å²) in [6, 6.07) is 20.2. The van der Waals surface area contributed by atoms with Crippen molar-refractivity contribution < 1.29 is 4.79 Å². The van der Waals surface area contributed by atoms with Gasteiger partial charge in [0.15, 0.2) is 0 Å². The molecule has 3 aromatic heterocycles. The number of rotatable bonds is 4. The summed E-state index contributed by atoms with van der Waals surface area (Å²) >= 11 is 0. The summed E-state index contributed by atoms with van der Waals surface area (Å²) in [5.41, 5.74) is 6.10. The number of aromatic nitrogens is 5. The lowest BCUT2D eigenvalue weighted by Crippen LogP contribution is -2.29. The van der Waals surface area contributed by atoms with Crippen molar-refractivity contribution in [3.63, 3.8) is 0 Å². The molecule has 0 unspecified atom stereocenters. The van der Waals surface area contributed by atoms with E-state index in [2.05, 4.69) is 34.7 Å². The van der Waals surface area contributed by atoms with Gasteiger partial charge in [-0.15, -0.1) is 0 Å². The van der Waals surface area contributed by atoms with E-state index in [4.69, 9.17) is 5.10 Å². The summed E-state index contributed by atoms with van der Waals surface area (Å²) in [4.78, 5) is 19.4. The maximum absolute atomic E-state index is 13.2. The van der Waals surface area contributed by atoms with Gasteiger partial charge in [-0.3, -0.25) is 4.79 Å². The Hall–Kier alpha value is -4.13. The molecule has 0 fully saturated rings. The number of aryl methyl sites for hydroxylation is 1. The van der Waals surface area contributed by atoms with E-state index in [1.807, 2.05) is 69.0 Å². The number of amides is 1. The van der Waals surface area contributed by atoms with Crippen LogP contribution in [-0.2, 0) is 24.4 Å². The van der Waals surface area contributed by atoms with Crippen molar-refractivity contribution in [1.29, 1.82) is 0 Å². The first-order chi connectivity index (χ1) is 15.7. The molecule has 0 radical (unpaired) electrons. The molecule has 0 N–H and O–H groups in total. The smallest absolute Gasteiger partial charge is 0.243 e. The van der Waals surface area contributed by atoms with Crippen molar-refractivity contribution in [2.45, 2.75) is 26.6 Å². The van der Waals surface area contributed by atoms with Crippen LogP contribution in [0.25, 0.3) is 22.5 Å². The Balaban J connectivity index is 1.32. The number of imidazole rings is 1. The molecule has 0 spiro atoms. The monoisotopic (exact) mass is 422 g/mol. The first-order valence-corrected chi connectivity index (χ1v) is 10.7. The zero-order valence-electron chi connectivity index (χ0n) is 17.7. The third-order valence-electron chi connectivity index (χ3n) is 6.01. The molecule has 32 heavy (non-hydrogen) atoms. The molecule has 1 aliphatic heterocycles. The Kier molecular flexibility index (Phi) is 4.21. The number of benzene rings is 2. The number of carbonyl (C=O) groups excluding carboxylic acids is 1. The highest BCUT2D eigenvalue weighted by Gasteiger charge is 2.31. The Labute approximate surface area is 185 Å². The van der Waals surface area contributed by atoms with Crippen LogP contribution in [0.3, 0.4) is 0 Å². The van der Waals surface area contributed by atoms with Gasteiger partial charge in [-0.05, 0) is 48.9 Å². The van der Waals surface area contributed by atoms with Gasteiger partial charge < -0.3 is 14.0 Å². The molecule has 0 aliphatic carbocycles. The van der Waals surface area contributed by atoms with Crippen molar-refractivity contribution in [3.05, 3.63) is 96.2 Å². The van der Waals surface area contributed by atoms with E-state index in [-0.39, 0.29) is 12.5 Å². The maximum Gasteiger partial charge on any atom is 0.243 e. The quantitative estimate of drug-likeness (QED) is 0.442. The Morgan fingerprint density at radius 2 is 1.84 bits per heavy atom. The molecular formula is C25H22N6O. The van der Waals surface area contributed by atoms with Crippen LogP contribution in [0.15, 0.2) is 79.4 Å². The second kappa shape index (κ2) is 7.23. The molecule has 0 saturated carbocycles. The lowest BCUT2D eigenvalue weighted by atomic mass is 10.2. The second-order valence-corrected chi connectivity index (χ2v) is 8.20. The summed E-state index contributed by atoms with van der Waals surface area (Å²) in [7, 11) is 0. The number of hydrogen-bond donors (Lipinski definition) is 0. The van der Waals surface area contributed by atoms with Crippen LogP contribution in [-0.4, -0.2) is 34.7 Å². The van der Waals surface area contributed by atoms with Gasteiger partial charge in [-0.2, -0.15) is 5.10 Å². The van der Waals surface area contributed by atoms with Crippen LogP contribution in [0.5, 0.6) is 0 Å². The van der Waals surface area contributed by atoms with E-state index in [1.54, 1.807) is 6.33 Å². The van der Waals surface area contributed by atoms with E-state index in [0.717, 1.165) is 33.8 Å². The van der Waals surface area contributed by atoms with Crippen LogP contribution in [0.2, 0.25) is 0 Å². The van der Waals surface area contributed by atoms with Gasteiger partial charge in [0.05, 0.1) is 41.8 Å². The fourth-order valence-electron chi connectivity index (χ4n) is 4.44. The molecule has 1 amide bonds. The van der Waals surface area contributed by atoms with Crippen LogP contribution >= 0.6 is 0 Å². The van der Waals surface area contributed by atoms with E-state index < -0.39 is 0 Å². The number of fused-ring (bicyclic) bond motifs is 2. The van der Waals surface area contributed by atoms with E-state index in [9.17, 15) is 4.79 Å². The maximum atomic E-state index is 13.2. The largest absolute Gasteiger partial charge is 0.331 e. The first kappa shape index (κ1) is 18.6. The summed E-state index contributed by atoms with van der Waals surface area (Å²) in [5.74, 6) is 1.05.